The van der Waals surface area contributed by atoms with Gasteiger partial charge in [0, 0.05) is 23.6 Å². The van der Waals surface area contributed by atoms with Gasteiger partial charge >= 0.3 is 6.09 Å². The quantitative estimate of drug-likeness (QED) is 0.613. The highest BCUT2D eigenvalue weighted by Gasteiger charge is 2.26. The first-order valence-corrected chi connectivity index (χ1v) is 10.3. The molecule has 0 aliphatic rings. The molecule has 0 bridgehead atoms. The fraction of sp³-hybridized carbons (Fsp3) is 0.286. The summed E-state index contributed by atoms with van der Waals surface area (Å²) >= 11 is 1.10. The highest BCUT2D eigenvalue weighted by molar-refractivity contribution is 7.99. The number of nitrogens with zero attached hydrogens (tertiary/aromatic N) is 4. The van der Waals surface area contributed by atoms with Crippen molar-refractivity contribution in [2.75, 3.05) is 11.1 Å². The summed E-state index contributed by atoms with van der Waals surface area (Å²) in [6, 6.07) is 11.0. The molecule has 30 heavy (non-hydrogen) atoms. The largest absolute Gasteiger partial charge is 0.443 e. The van der Waals surface area contributed by atoms with Gasteiger partial charge in [-0.05, 0) is 51.5 Å². The standard InChI is InChI=1S/C21H23N5O3S/c1-14-10-15(12-22-11-14)18-24-25-19(26(18)20(28)29-21(2,3)4)30-13-17(27)23-16-8-6-5-7-9-16/h5-12H,13H2,1-4H3,(H,23,27). The minimum atomic E-state index is -0.698. The van der Waals surface area contributed by atoms with Crippen LogP contribution in [0.1, 0.15) is 26.3 Å². The molecule has 0 saturated carbocycles. The Hall–Kier alpha value is -3.20. The monoisotopic (exact) mass is 425 g/mol. The maximum Gasteiger partial charge on any atom is 0.422 e. The predicted octanol–water partition coefficient (Wildman–Crippen LogP) is 4.16. The van der Waals surface area contributed by atoms with Gasteiger partial charge in [-0.3, -0.25) is 9.78 Å². The summed E-state index contributed by atoms with van der Waals surface area (Å²) in [6.07, 6.45) is 2.70. The molecule has 0 saturated heterocycles. The van der Waals surface area contributed by atoms with E-state index < -0.39 is 11.7 Å². The van der Waals surface area contributed by atoms with Crippen LogP contribution in [0.15, 0.2) is 53.9 Å². The van der Waals surface area contributed by atoms with Crippen molar-refractivity contribution in [2.24, 2.45) is 0 Å². The number of para-hydroxylation sites is 1. The van der Waals surface area contributed by atoms with Crippen LogP contribution in [0.2, 0.25) is 0 Å². The van der Waals surface area contributed by atoms with Crippen molar-refractivity contribution in [3.63, 3.8) is 0 Å². The molecule has 0 atom stereocenters. The van der Waals surface area contributed by atoms with Gasteiger partial charge in [-0.2, -0.15) is 0 Å². The number of carbonyl (C=O) groups is 2. The Balaban J connectivity index is 1.84. The number of nitrogens with one attached hydrogen (secondary N) is 1. The first-order chi connectivity index (χ1) is 14.2. The predicted molar refractivity (Wildman–Crippen MR) is 115 cm³/mol. The topological polar surface area (TPSA) is 99.0 Å². The lowest BCUT2D eigenvalue weighted by molar-refractivity contribution is -0.113. The highest BCUT2D eigenvalue weighted by Crippen LogP contribution is 2.25. The molecule has 156 valence electrons. The first-order valence-electron chi connectivity index (χ1n) is 9.31. The van der Waals surface area contributed by atoms with E-state index in [0.717, 1.165) is 17.3 Å². The number of thioether (sulfide) groups is 1. The van der Waals surface area contributed by atoms with Gasteiger partial charge in [-0.25, -0.2) is 9.36 Å². The second kappa shape index (κ2) is 9.08. The second-order valence-corrected chi connectivity index (χ2v) is 8.52. The minimum absolute atomic E-state index is 0.0574. The number of benzene rings is 1. The maximum atomic E-state index is 12.9. The molecule has 9 heteroatoms. The van der Waals surface area contributed by atoms with Crippen molar-refractivity contribution in [1.29, 1.82) is 0 Å². The van der Waals surface area contributed by atoms with Gasteiger partial charge in [0.05, 0.1) is 5.75 Å². The zero-order valence-corrected chi connectivity index (χ0v) is 18.1. The first kappa shape index (κ1) is 21.5. The molecule has 0 radical (unpaired) electrons. The number of amides is 1. The smallest absolute Gasteiger partial charge is 0.422 e. The molecule has 8 nitrogen and oxygen atoms in total. The average molecular weight is 426 g/mol. The molecule has 0 aliphatic heterocycles. The van der Waals surface area contributed by atoms with Crippen LogP contribution in [0.3, 0.4) is 0 Å². The summed E-state index contributed by atoms with van der Waals surface area (Å²) in [4.78, 5) is 29.3. The van der Waals surface area contributed by atoms with Crippen LogP contribution in [0.4, 0.5) is 10.5 Å². The lowest BCUT2D eigenvalue weighted by atomic mass is 10.2. The van der Waals surface area contributed by atoms with Gasteiger partial charge in [0.2, 0.25) is 11.1 Å². The number of hydrogen-bond donors (Lipinski definition) is 1. The van der Waals surface area contributed by atoms with Gasteiger partial charge in [0.25, 0.3) is 0 Å². The van der Waals surface area contributed by atoms with Crippen molar-refractivity contribution in [1.82, 2.24) is 19.7 Å². The van der Waals surface area contributed by atoms with Crippen molar-refractivity contribution in [3.05, 3.63) is 54.4 Å². The van der Waals surface area contributed by atoms with Crippen LogP contribution in [0.5, 0.6) is 0 Å². The number of ether oxygens (including phenoxy) is 1. The van der Waals surface area contributed by atoms with Crippen molar-refractivity contribution in [2.45, 2.75) is 38.5 Å². The van der Waals surface area contributed by atoms with E-state index in [4.69, 9.17) is 4.74 Å². The maximum absolute atomic E-state index is 12.9. The lowest BCUT2D eigenvalue weighted by Gasteiger charge is -2.20. The number of rotatable bonds is 5. The Morgan fingerprint density at radius 1 is 1.13 bits per heavy atom. The van der Waals surface area contributed by atoms with Crippen molar-refractivity contribution in [3.8, 4) is 11.4 Å². The molecule has 1 N–H and O–H groups in total. The Kier molecular flexibility index (Phi) is 6.51. The lowest BCUT2D eigenvalue weighted by Crippen LogP contribution is -2.28. The molecule has 0 unspecified atom stereocenters. The fourth-order valence-corrected chi connectivity index (χ4v) is 3.27. The van der Waals surface area contributed by atoms with Crippen LogP contribution >= 0.6 is 11.8 Å². The second-order valence-electron chi connectivity index (χ2n) is 7.58. The molecule has 3 rings (SSSR count). The Morgan fingerprint density at radius 2 is 1.87 bits per heavy atom. The Morgan fingerprint density at radius 3 is 2.53 bits per heavy atom. The van der Waals surface area contributed by atoms with Crippen LogP contribution in [0.25, 0.3) is 11.4 Å². The number of aryl methyl sites for hydroxylation is 1. The molecule has 0 fully saturated rings. The molecule has 1 amide bonds. The van der Waals surface area contributed by atoms with E-state index in [1.807, 2.05) is 31.2 Å². The number of pyridine rings is 1. The summed E-state index contributed by atoms with van der Waals surface area (Å²) in [7, 11) is 0. The zero-order valence-electron chi connectivity index (χ0n) is 17.2. The third-order valence-electron chi connectivity index (χ3n) is 3.73. The van der Waals surface area contributed by atoms with Gasteiger partial charge in [0.1, 0.15) is 5.60 Å². The summed E-state index contributed by atoms with van der Waals surface area (Å²) in [5, 5.41) is 11.3. The molecular weight excluding hydrogens is 402 g/mol. The van der Waals surface area contributed by atoms with Crippen LogP contribution in [0, 0.1) is 6.92 Å². The Labute approximate surface area is 179 Å². The van der Waals surface area contributed by atoms with Gasteiger partial charge in [-0.15, -0.1) is 10.2 Å². The van der Waals surface area contributed by atoms with E-state index in [0.29, 0.717) is 17.1 Å². The molecule has 1 aromatic carbocycles. The molecule has 0 aliphatic carbocycles. The number of aromatic nitrogens is 4. The fourth-order valence-electron chi connectivity index (χ4n) is 2.55. The average Bonchev–Trinajstić information content (AvgIpc) is 3.10. The van der Waals surface area contributed by atoms with Crippen LogP contribution in [-0.2, 0) is 9.53 Å². The molecule has 2 heterocycles. The van der Waals surface area contributed by atoms with Crippen LogP contribution < -0.4 is 5.32 Å². The van der Waals surface area contributed by atoms with E-state index in [9.17, 15) is 9.59 Å². The SMILES string of the molecule is Cc1cncc(-c2nnc(SCC(=O)Nc3ccccc3)n2C(=O)OC(C)(C)C)c1. The number of anilines is 1. The third-order valence-corrected chi connectivity index (χ3v) is 4.66. The highest BCUT2D eigenvalue weighted by atomic mass is 32.2. The van der Waals surface area contributed by atoms with Gasteiger partial charge in [0.15, 0.2) is 5.82 Å². The van der Waals surface area contributed by atoms with E-state index in [2.05, 4.69) is 20.5 Å². The summed E-state index contributed by atoms with van der Waals surface area (Å²) in [5.74, 6) is 0.150. The van der Waals surface area contributed by atoms with E-state index in [-0.39, 0.29) is 16.8 Å². The van der Waals surface area contributed by atoms with Gasteiger partial charge in [-0.1, -0.05) is 30.0 Å². The number of hydrogen-bond acceptors (Lipinski definition) is 7. The van der Waals surface area contributed by atoms with Crippen molar-refractivity contribution < 1.29 is 14.3 Å². The van der Waals surface area contributed by atoms with Gasteiger partial charge < -0.3 is 10.1 Å². The molecule has 0 spiro atoms. The summed E-state index contributed by atoms with van der Waals surface area (Å²) < 4.78 is 6.81. The number of carbonyl (C=O) groups excluding carboxylic acids is 2. The van der Waals surface area contributed by atoms with Crippen LogP contribution in [-0.4, -0.2) is 43.1 Å². The van der Waals surface area contributed by atoms with E-state index in [1.54, 1.807) is 45.3 Å². The van der Waals surface area contributed by atoms with E-state index >= 15 is 0 Å². The summed E-state index contributed by atoms with van der Waals surface area (Å²) in [6.45, 7) is 7.24. The molecular formula is C21H23N5O3S. The normalized spacial score (nSPS) is 11.2. The zero-order chi connectivity index (χ0) is 21.7. The summed E-state index contributed by atoms with van der Waals surface area (Å²) in [5.41, 5.74) is 1.55. The molecule has 2 aromatic heterocycles. The van der Waals surface area contributed by atoms with Crippen molar-refractivity contribution >= 4 is 29.4 Å². The Bertz CT molecular complexity index is 1040. The minimum Gasteiger partial charge on any atom is -0.443 e. The molecule has 3 aromatic rings. The van der Waals surface area contributed by atoms with E-state index in [1.165, 1.54) is 4.57 Å². The third kappa shape index (κ3) is 5.66.